The van der Waals surface area contributed by atoms with Gasteiger partial charge in [0, 0.05) is 17.5 Å². The Morgan fingerprint density at radius 2 is 1.04 bits per heavy atom. The number of aromatic hydroxyl groups is 2. The van der Waals surface area contributed by atoms with E-state index in [1.807, 2.05) is 24.3 Å². The van der Waals surface area contributed by atoms with E-state index in [9.17, 15) is 10.2 Å². The normalized spacial score (nSPS) is 11.3. The van der Waals surface area contributed by atoms with E-state index in [0.29, 0.717) is 6.42 Å². The second kappa shape index (κ2) is 5.82. The molecule has 4 aromatic rings. The molecule has 0 aliphatic heterocycles. The van der Waals surface area contributed by atoms with E-state index in [1.165, 1.54) is 11.1 Å². The number of aryl methyl sites for hydroxylation is 2. The van der Waals surface area contributed by atoms with Crippen LogP contribution in [-0.2, 0) is 6.42 Å². The second-order valence-corrected chi connectivity index (χ2v) is 6.75. The highest BCUT2D eigenvalue weighted by Crippen LogP contribution is 2.35. The fraction of sp³-hybridized carbons (Fsp3) is 0.130. The fourth-order valence-corrected chi connectivity index (χ4v) is 3.55. The molecule has 0 unspecified atom stereocenters. The van der Waals surface area contributed by atoms with E-state index in [2.05, 4.69) is 38.1 Å². The van der Waals surface area contributed by atoms with Gasteiger partial charge in [0.15, 0.2) is 0 Å². The van der Waals surface area contributed by atoms with E-state index < -0.39 is 0 Å². The summed E-state index contributed by atoms with van der Waals surface area (Å²) in [7, 11) is 0. The van der Waals surface area contributed by atoms with Crippen LogP contribution in [0.4, 0.5) is 0 Å². The minimum atomic E-state index is 0.264. The molecule has 0 saturated heterocycles. The third-order valence-corrected chi connectivity index (χ3v) is 4.88. The van der Waals surface area contributed by atoms with Gasteiger partial charge in [-0.25, -0.2) is 0 Å². The lowest BCUT2D eigenvalue weighted by molar-refractivity contribution is 0.464. The Morgan fingerprint density at radius 1 is 0.600 bits per heavy atom. The smallest absolute Gasteiger partial charge is 0.119 e. The van der Waals surface area contributed by atoms with Crippen LogP contribution in [0, 0.1) is 13.8 Å². The molecule has 4 aromatic carbocycles. The maximum Gasteiger partial charge on any atom is 0.119 e. The fourth-order valence-electron chi connectivity index (χ4n) is 3.55. The topological polar surface area (TPSA) is 40.5 Å². The number of benzene rings is 4. The van der Waals surface area contributed by atoms with Crippen molar-refractivity contribution in [1.29, 1.82) is 0 Å². The summed E-state index contributed by atoms with van der Waals surface area (Å²) in [4.78, 5) is 0. The zero-order valence-corrected chi connectivity index (χ0v) is 14.4. The van der Waals surface area contributed by atoms with Gasteiger partial charge >= 0.3 is 0 Å². The molecule has 25 heavy (non-hydrogen) atoms. The summed E-state index contributed by atoms with van der Waals surface area (Å²) in [5, 5.41) is 25.2. The Hall–Kier alpha value is -3.00. The highest BCUT2D eigenvalue weighted by Gasteiger charge is 2.13. The van der Waals surface area contributed by atoms with Crippen molar-refractivity contribution >= 4 is 21.5 Å². The molecule has 2 heteroatoms. The van der Waals surface area contributed by atoms with E-state index in [1.54, 1.807) is 12.1 Å². The highest BCUT2D eigenvalue weighted by molar-refractivity contribution is 5.92. The minimum absolute atomic E-state index is 0.264. The largest absolute Gasteiger partial charge is 0.508 e. The quantitative estimate of drug-likeness (QED) is 0.502. The van der Waals surface area contributed by atoms with Crippen LogP contribution in [0.25, 0.3) is 21.5 Å². The first-order chi connectivity index (χ1) is 12.0. The third-order valence-electron chi connectivity index (χ3n) is 4.88. The van der Waals surface area contributed by atoms with E-state index in [-0.39, 0.29) is 11.5 Å². The molecule has 2 nitrogen and oxygen atoms in total. The van der Waals surface area contributed by atoms with E-state index >= 15 is 0 Å². The first-order valence-electron chi connectivity index (χ1n) is 8.45. The lowest BCUT2D eigenvalue weighted by Crippen LogP contribution is -1.94. The molecular formula is C23H20O2. The first kappa shape index (κ1) is 15.5. The van der Waals surface area contributed by atoms with Crippen molar-refractivity contribution in [2.24, 2.45) is 0 Å². The SMILES string of the molecule is Cc1ccc2c(Cc3c(O)ccc4cc(C)ccc34)c(O)ccc2c1. The molecule has 4 rings (SSSR count). The molecule has 2 N–H and O–H groups in total. The average molecular weight is 328 g/mol. The lowest BCUT2D eigenvalue weighted by atomic mass is 9.92. The van der Waals surface area contributed by atoms with Crippen molar-refractivity contribution in [1.82, 2.24) is 0 Å². The number of rotatable bonds is 2. The van der Waals surface area contributed by atoms with Crippen molar-refractivity contribution in [2.45, 2.75) is 20.3 Å². The second-order valence-electron chi connectivity index (χ2n) is 6.75. The van der Waals surface area contributed by atoms with E-state index in [0.717, 1.165) is 32.7 Å². The van der Waals surface area contributed by atoms with Crippen LogP contribution in [0.1, 0.15) is 22.3 Å². The van der Waals surface area contributed by atoms with Crippen LogP contribution >= 0.6 is 0 Å². The third kappa shape index (κ3) is 2.70. The summed E-state index contributed by atoms with van der Waals surface area (Å²) < 4.78 is 0. The zero-order valence-electron chi connectivity index (χ0n) is 14.4. The molecule has 0 bridgehead atoms. The molecule has 0 amide bonds. The minimum Gasteiger partial charge on any atom is -0.508 e. The van der Waals surface area contributed by atoms with Gasteiger partial charge < -0.3 is 10.2 Å². The van der Waals surface area contributed by atoms with Crippen molar-refractivity contribution in [3.8, 4) is 11.5 Å². The Balaban J connectivity index is 1.94. The molecule has 0 aromatic heterocycles. The summed E-state index contributed by atoms with van der Waals surface area (Å²) in [6, 6.07) is 19.8. The maximum absolute atomic E-state index is 10.5. The average Bonchev–Trinajstić information content (AvgIpc) is 2.59. The van der Waals surface area contributed by atoms with Gasteiger partial charge in [0.25, 0.3) is 0 Å². The number of hydrogen-bond donors (Lipinski definition) is 2. The predicted molar refractivity (Wildman–Crippen MR) is 104 cm³/mol. The molecule has 0 fully saturated rings. The van der Waals surface area contributed by atoms with Gasteiger partial charge in [-0.3, -0.25) is 0 Å². The van der Waals surface area contributed by atoms with Crippen LogP contribution in [0.5, 0.6) is 11.5 Å². The summed E-state index contributed by atoms with van der Waals surface area (Å²) in [5.41, 5.74) is 4.07. The summed E-state index contributed by atoms with van der Waals surface area (Å²) in [5.74, 6) is 0.528. The van der Waals surface area contributed by atoms with Crippen LogP contribution in [0.15, 0.2) is 60.7 Å². The number of phenolic OH excluding ortho intramolecular Hbond substituents is 2. The van der Waals surface area contributed by atoms with Crippen LogP contribution < -0.4 is 0 Å². The molecule has 0 aliphatic carbocycles. The van der Waals surface area contributed by atoms with Gasteiger partial charge in [0.2, 0.25) is 0 Å². The number of hydrogen-bond acceptors (Lipinski definition) is 2. The van der Waals surface area contributed by atoms with Gasteiger partial charge in [-0.15, -0.1) is 0 Å². The van der Waals surface area contributed by atoms with Crippen LogP contribution in [-0.4, -0.2) is 10.2 Å². The summed E-state index contributed by atoms with van der Waals surface area (Å²) >= 11 is 0. The molecular weight excluding hydrogens is 308 g/mol. The molecule has 124 valence electrons. The van der Waals surface area contributed by atoms with Gasteiger partial charge in [-0.05, 0) is 47.5 Å². The molecule has 0 radical (unpaired) electrons. The van der Waals surface area contributed by atoms with Crippen molar-refractivity contribution in [3.63, 3.8) is 0 Å². The van der Waals surface area contributed by atoms with Crippen molar-refractivity contribution in [2.75, 3.05) is 0 Å². The summed E-state index contributed by atoms with van der Waals surface area (Å²) in [6.45, 7) is 4.12. The molecule has 0 heterocycles. The van der Waals surface area contributed by atoms with Crippen molar-refractivity contribution in [3.05, 3.63) is 82.9 Å². The zero-order chi connectivity index (χ0) is 17.6. The monoisotopic (exact) mass is 328 g/mol. The van der Waals surface area contributed by atoms with Crippen molar-refractivity contribution < 1.29 is 10.2 Å². The molecule has 0 spiro atoms. The van der Waals surface area contributed by atoms with E-state index in [4.69, 9.17) is 0 Å². The number of phenols is 2. The van der Waals surface area contributed by atoms with Gasteiger partial charge in [-0.2, -0.15) is 0 Å². The Kier molecular flexibility index (Phi) is 3.61. The first-order valence-corrected chi connectivity index (χ1v) is 8.45. The lowest BCUT2D eigenvalue weighted by Gasteiger charge is -2.14. The summed E-state index contributed by atoms with van der Waals surface area (Å²) in [6.07, 6.45) is 0.485. The maximum atomic E-state index is 10.5. The molecule has 0 aliphatic rings. The van der Waals surface area contributed by atoms with Gasteiger partial charge in [0.05, 0.1) is 0 Å². The van der Waals surface area contributed by atoms with Crippen LogP contribution in [0.3, 0.4) is 0 Å². The standard InChI is InChI=1S/C23H20O2/c1-14-3-7-18-16(11-14)5-9-22(24)20(18)13-21-19-8-4-15(2)12-17(19)6-10-23(21)25/h3-12,24-25H,13H2,1-2H3. The van der Waals surface area contributed by atoms with Crippen LogP contribution in [0.2, 0.25) is 0 Å². The van der Waals surface area contributed by atoms with Gasteiger partial charge in [-0.1, -0.05) is 59.7 Å². The molecule has 0 saturated carbocycles. The Bertz CT molecular complexity index is 1020. The predicted octanol–water partition coefficient (Wildman–Crippen LogP) is 5.61. The highest BCUT2D eigenvalue weighted by atomic mass is 16.3. The molecule has 0 atom stereocenters. The van der Waals surface area contributed by atoms with Gasteiger partial charge in [0.1, 0.15) is 11.5 Å². The number of fused-ring (bicyclic) bond motifs is 2. The Morgan fingerprint density at radius 3 is 1.48 bits per heavy atom. The Labute approximate surface area is 147 Å².